The van der Waals surface area contributed by atoms with Gasteiger partial charge in [-0.15, -0.1) is 0 Å². The first-order valence-corrected chi connectivity index (χ1v) is 17.5. The van der Waals surface area contributed by atoms with E-state index >= 15 is 0 Å². The number of hydrogen-bond acceptors (Lipinski definition) is 5. The third-order valence-electron chi connectivity index (χ3n) is 9.56. The van der Waals surface area contributed by atoms with Crippen LogP contribution >= 0.6 is 0 Å². The number of hydrogen-bond donors (Lipinski definition) is 0. The molecule has 39 heavy (non-hydrogen) atoms. The van der Waals surface area contributed by atoms with Crippen LogP contribution in [0.25, 0.3) is 0 Å². The molecule has 0 saturated heterocycles. The summed E-state index contributed by atoms with van der Waals surface area (Å²) >= 11 is 0. The molecule has 7 heteroatoms. The maximum atomic E-state index is 10.9. The van der Waals surface area contributed by atoms with E-state index in [4.69, 9.17) is 13.9 Å². The monoisotopic (exact) mass is 557 g/mol. The average molecular weight is 558 g/mol. The van der Waals surface area contributed by atoms with Gasteiger partial charge in [0.25, 0.3) is 5.69 Å². The third-order valence-corrected chi connectivity index (χ3v) is 14.1. The molecule has 1 aromatic carbocycles. The Labute approximate surface area is 237 Å². The predicted molar refractivity (Wildman–Crippen MR) is 161 cm³/mol. The van der Waals surface area contributed by atoms with Gasteiger partial charge < -0.3 is 13.9 Å². The molecule has 1 aliphatic carbocycles. The van der Waals surface area contributed by atoms with Crippen LogP contribution in [0.15, 0.2) is 47.6 Å². The summed E-state index contributed by atoms with van der Waals surface area (Å²) in [5.41, 5.74) is 3.95. The summed E-state index contributed by atoms with van der Waals surface area (Å²) < 4.78 is 19.2. The Hall–Kier alpha value is -1.80. The number of ether oxygens (including phenoxy) is 2. The zero-order valence-corrected chi connectivity index (χ0v) is 26.7. The molecule has 0 saturated carbocycles. The molecule has 0 radical (unpaired) electrons. The van der Waals surface area contributed by atoms with Gasteiger partial charge in [-0.3, -0.25) is 10.1 Å². The van der Waals surface area contributed by atoms with Crippen LogP contribution in [0.2, 0.25) is 18.1 Å². The fraction of sp³-hybridized carbons (Fsp3) is 0.688. The van der Waals surface area contributed by atoms with Crippen LogP contribution in [0, 0.1) is 27.4 Å². The Balaban J connectivity index is 1.60. The molecule has 1 aliphatic heterocycles. The summed E-state index contributed by atoms with van der Waals surface area (Å²) in [6, 6.07) is 6.54. The smallest absolute Gasteiger partial charge is 0.269 e. The maximum Gasteiger partial charge on any atom is 0.269 e. The minimum Gasteiger partial charge on any atom is -0.417 e. The number of benzene rings is 1. The summed E-state index contributed by atoms with van der Waals surface area (Å²) in [6.45, 7) is 22.7. The summed E-state index contributed by atoms with van der Waals surface area (Å²) in [7, 11) is -1.79. The lowest BCUT2D eigenvalue weighted by Gasteiger charge is -2.41. The maximum absolute atomic E-state index is 10.9. The predicted octanol–water partition coefficient (Wildman–Crippen LogP) is 8.63. The first-order chi connectivity index (χ1) is 18.1. The van der Waals surface area contributed by atoms with E-state index in [1.807, 2.05) is 0 Å². The molecule has 2 aliphatic rings. The van der Waals surface area contributed by atoms with E-state index in [0.29, 0.717) is 25.0 Å². The minimum absolute atomic E-state index is 0.00724. The largest absolute Gasteiger partial charge is 0.417 e. The highest BCUT2D eigenvalue weighted by atomic mass is 28.4. The van der Waals surface area contributed by atoms with Crippen molar-refractivity contribution < 1.29 is 18.8 Å². The van der Waals surface area contributed by atoms with Crippen molar-refractivity contribution in [2.24, 2.45) is 17.3 Å². The summed E-state index contributed by atoms with van der Waals surface area (Å²) in [5, 5.41) is 11.1. The van der Waals surface area contributed by atoms with Gasteiger partial charge >= 0.3 is 0 Å². The van der Waals surface area contributed by atoms with Crippen LogP contribution in [0.3, 0.4) is 0 Å². The van der Waals surface area contributed by atoms with E-state index in [0.717, 1.165) is 37.9 Å². The van der Waals surface area contributed by atoms with Crippen molar-refractivity contribution in [3.05, 3.63) is 63.2 Å². The lowest BCUT2D eigenvalue weighted by molar-refractivity contribution is -0.384. The molecule has 4 atom stereocenters. The number of nitro benzene ring substituents is 1. The molecule has 0 fully saturated rings. The standard InChI is InChI=1S/C32H51NO5Si/c1-23(2)29-17-13-26(32(29,7)18-19-37-39(8,9)31(4,5)6)20-30-24(3)10-16-28(38-30)22-36-21-25-11-14-27(15-12-25)33(34)35/h10-15,23,28-30H,16-22H2,1-9H3/t28-,29-,30-,32+/m0/s1. The van der Waals surface area contributed by atoms with E-state index in [1.54, 1.807) is 12.1 Å². The van der Waals surface area contributed by atoms with Crippen LogP contribution in [-0.2, 0) is 20.5 Å². The Morgan fingerprint density at radius 2 is 1.82 bits per heavy atom. The highest BCUT2D eigenvalue weighted by Crippen LogP contribution is 2.52. The lowest BCUT2D eigenvalue weighted by Crippen LogP contribution is -2.42. The number of non-ortho nitro benzene ring substituents is 1. The Kier molecular flexibility index (Phi) is 10.4. The number of nitrogens with zero attached hydrogens (tertiary/aromatic N) is 1. The number of rotatable bonds is 12. The van der Waals surface area contributed by atoms with Gasteiger partial charge in [0.15, 0.2) is 8.32 Å². The van der Waals surface area contributed by atoms with Gasteiger partial charge in [-0.25, -0.2) is 0 Å². The molecule has 3 rings (SSSR count). The van der Waals surface area contributed by atoms with Gasteiger partial charge in [0.2, 0.25) is 0 Å². The second kappa shape index (κ2) is 12.8. The van der Waals surface area contributed by atoms with Crippen molar-refractivity contribution in [1.29, 1.82) is 0 Å². The lowest BCUT2D eigenvalue weighted by atomic mass is 9.67. The first kappa shape index (κ1) is 31.7. The van der Waals surface area contributed by atoms with Crippen LogP contribution in [-0.4, -0.2) is 38.7 Å². The topological polar surface area (TPSA) is 70.8 Å². The van der Waals surface area contributed by atoms with Crippen LogP contribution in [0.4, 0.5) is 5.69 Å². The molecule has 0 spiro atoms. The Morgan fingerprint density at radius 1 is 1.15 bits per heavy atom. The summed E-state index contributed by atoms with van der Waals surface area (Å²) in [4.78, 5) is 10.5. The first-order valence-electron chi connectivity index (χ1n) is 14.6. The minimum atomic E-state index is -1.79. The van der Waals surface area contributed by atoms with Gasteiger partial charge in [-0.2, -0.15) is 0 Å². The van der Waals surface area contributed by atoms with Crippen molar-refractivity contribution in [3.8, 4) is 0 Å². The third kappa shape index (κ3) is 7.90. The average Bonchev–Trinajstić information content (AvgIpc) is 3.16. The van der Waals surface area contributed by atoms with E-state index < -0.39 is 8.32 Å². The molecule has 1 heterocycles. The van der Waals surface area contributed by atoms with Crippen molar-refractivity contribution >= 4 is 14.0 Å². The molecule has 0 N–H and O–H groups in total. The molecule has 0 bridgehead atoms. The van der Waals surface area contributed by atoms with E-state index in [-0.39, 0.29) is 33.3 Å². The molecular weight excluding hydrogens is 506 g/mol. The van der Waals surface area contributed by atoms with E-state index in [1.165, 1.54) is 23.3 Å². The van der Waals surface area contributed by atoms with Gasteiger partial charge in [-0.05, 0) is 91.3 Å². The molecule has 0 unspecified atom stereocenters. The van der Waals surface area contributed by atoms with E-state index in [2.05, 4.69) is 73.7 Å². The highest BCUT2D eigenvalue weighted by Gasteiger charge is 2.44. The van der Waals surface area contributed by atoms with Crippen molar-refractivity contribution in [2.75, 3.05) is 13.2 Å². The normalized spacial score (nSPS) is 26.1. The zero-order valence-electron chi connectivity index (χ0n) is 25.7. The SMILES string of the molecule is CC1=CC[C@@H](COCc2ccc([N+](=O)[O-])cc2)O[C@H]1CC1=CC[C@@H](C(C)C)[C@]1(C)CCO[Si](C)(C)C(C)(C)C. The molecular formula is C32H51NO5Si. The van der Waals surface area contributed by atoms with Gasteiger partial charge in [-0.1, -0.05) is 59.3 Å². The number of allylic oxidation sites excluding steroid dienone is 1. The molecule has 0 aromatic heterocycles. The Morgan fingerprint density at radius 3 is 2.41 bits per heavy atom. The van der Waals surface area contributed by atoms with Crippen molar-refractivity contribution in [3.63, 3.8) is 0 Å². The Bertz CT molecular complexity index is 1040. The van der Waals surface area contributed by atoms with Gasteiger partial charge in [0.05, 0.1) is 30.3 Å². The quantitative estimate of drug-likeness (QED) is 0.111. The molecule has 6 nitrogen and oxygen atoms in total. The summed E-state index contributed by atoms with van der Waals surface area (Å²) in [6.07, 6.45) is 8.79. The van der Waals surface area contributed by atoms with Gasteiger partial charge in [0, 0.05) is 18.7 Å². The molecule has 0 amide bonds. The second-order valence-electron chi connectivity index (χ2n) is 13.7. The van der Waals surface area contributed by atoms with Crippen LogP contribution in [0.1, 0.15) is 79.7 Å². The van der Waals surface area contributed by atoms with Crippen molar-refractivity contribution in [2.45, 2.75) is 111 Å². The molecule has 1 aromatic rings. The van der Waals surface area contributed by atoms with E-state index in [9.17, 15) is 10.1 Å². The second-order valence-corrected chi connectivity index (χ2v) is 18.5. The molecule has 218 valence electrons. The van der Waals surface area contributed by atoms with Gasteiger partial charge in [0.1, 0.15) is 0 Å². The zero-order chi connectivity index (χ0) is 29.0. The fourth-order valence-electron chi connectivity index (χ4n) is 5.79. The fourth-order valence-corrected chi connectivity index (χ4v) is 6.83. The number of nitro groups is 1. The van der Waals surface area contributed by atoms with Crippen LogP contribution in [0.5, 0.6) is 0 Å². The summed E-state index contributed by atoms with van der Waals surface area (Å²) in [5.74, 6) is 1.23. The highest BCUT2D eigenvalue weighted by molar-refractivity contribution is 6.74. The van der Waals surface area contributed by atoms with Crippen molar-refractivity contribution in [1.82, 2.24) is 0 Å². The van der Waals surface area contributed by atoms with Crippen LogP contribution < -0.4 is 0 Å².